The summed E-state index contributed by atoms with van der Waals surface area (Å²) in [7, 11) is 0. The van der Waals surface area contributed by atoms with Gasteiger partial charge in [-0.25, -0.2) is 0 Å². The van der Waals surface area contributed by atoms with E-state index in [0.29, 0.717) is 12.7 Å². The highest BCUT2D eigenvalue weighted by atomic mass is 16.5. The van der Waals surface area contributed by atoms with Crippen molar-refractivity contribution in [2.45, 2.75) is 71.9 Å². The van der Waals surface area contributed by atoms with Gasteiger partial charge in [0.25, 0.3) is 0 Å². The van der Waals surface area contributed by atoms with Crippen LogP contribution in [0.3, 0.4) is 0 Å². The lowest BCUT2D eigenvalue weighted by Gasteiger charge is -2.32. The Morgan fingerprint density at radius 3 is 2.56 bits per heavy atom. The number of hydrogen-bond acceptors (Lipinski definition) is 2. The maximum absolute atomic E-state index is 6.11. The summed E-state index contributed by atoms with van der Waals surface area (Å²) in [6.07, 6.45) is 6.95. The summed E-state index contributed by atoms with van der Waals surface area (Å²) in [4.78, 5) is 0. The third-order valence-corrected chi connectivity index (χ3v) is 3.94. The molecule has 0 aliphatic heterocycles. The van der Waals surface area contributed by atoms with Crippen molar-refractivity contribution in [2.75, 3.05) is 6.61 Å². The zero-order valence-electron chi connectivity index (χ0n) is 11.5. The van der Waals surface area contributed by atoms with E-state index < -0.39 is 0 Å². The minimum Gasteiger partial charge on any atom is -0.377 e. The fourth-order valence-corrected chi connectivity index (χ4v) is 2.25. The summed E-state index contributed by atoms with van der Waals surface area (Å²) in [6.45, 7) is 9.53. The summed E-state index contributed by atoms with van der Waals surface area (Å²) < 4.78 is 5.98. The molecule has 0 saturated heterocycles. The molecule has 0 aromatic rings. The minimum absolute atomic E-state index is 0.148. The van der Waals surface area contributed by atoms with Crippen molar-refractivity contribution in [2.24, 2.45) is 17.1 Å². The Morgan fingerprint density at radius 2 is 2.00 bits per heavy atom. The Labute approximate surface area is 101 Å². The van der Waals surface area contributed by atoms with Gasteiger partial charge < -0.3 is 10.5 Å². The first kappa shape index (κ1) is 14.0. The van der Waals surface area contributed by atoms with E-state index in [2.05, 4.69) is 27.7 Å². The van der Waals surface area contributed by atoms with Crippen LogP contribution < -0.4 is 5.73 Å². The van der Waals surface area contributed by atoms with Gasteiger partial charge in [-0.05, 0) is 24.2 Å². The van der Waals surface area contributed by atoms with Crippen molar-refractivity contribution in [3.8, 4) is 0 Å². The average molecular weight is 227 g/mol. The molecular formula is C14H29NO. The highest BCUT2D eigenvalue weighted by molar-refractivity contribution is 4.78. The van der Waals surface area contributed by atoms with Gasteiger partial charge in [0.2, 0.25) is 0 Å². The van der Waals surface area contributed by atoms with Crippen LogP contribution in [-0.4, -0.2) is 18.8 Å². The van der Waals surface area contributed by atoms with Crippen LogP contribution in [-0.2, 0) is 4.74 Å². The second-order valence-corrected chi connectivity index (χ2v) is 6.37. The van der Waals surface area contributed by atoms with Crippen LogP contribution in [0.25, 0.3) is 0 Å². The average Bonchev–Trinajstić information content (AvgIpc) is 2.25. The lowest BCUT2D eigenvalue weighted by atomic mass is 9.85. The van der Waals surface area contributed by atoms with Crippen LogP contribution in [0.4, 0.5) is 0 Å². The predicted molar refractivity (Wildman–Crippen MR) is 69.4 cm³/mol. The predicted octanol–water partition coefficient (Wildman–Crippen LogP) is 3.35. The van der Waals surface area contributed by atoms with Crippen LogP contribution >= 0.6 is 0 Å². The first-order valence-corrected chi connectivity index (χ1v) is 6.80. The molecule has 2 heteroatoms. The second-order valence-electron chi connectivity index (χ2n) is 6.37. The third kappa shape index (κ3) is 4.42. The van der Waals surface area contributed by atoms with Crippen molar-refractivity contribution in [1.82, 2.24) is 0 Å². The second kappa shape index (κ2) is 6.02. The van der Waals surface area contributed by atoms with Crippen LogP contribution in [0, 0.1) is 11.3 Å². The Kier molecular flexibility index (Phi) is 5.26. The van der Waals surface area contributed by atoms with E-state index in [4.69, 9.17) is 10.5 Å². The van der Waals surface area contributed by atoms with Gasteiger partial charge >= 0.3 is 0 Å². The molecular weight excluding hydrogens is 198 g/mol. The summed E-state index contributed by atoms with van der Waals surface area (Å²) in [6, 6.07) is 0.148. The van der Waals surface area contributed by atoms with Gasteiger partial charge in [-0.1, -0.05) is 47.0 Å². The Bertz CT molecular complexity index is 197. The molecule has 0 heterocycles. The summed E-state index contributed by atoms with van der Waals surface area (Å²) in [5.74, 6) is 0.879. The maximum atomic E-state index is 6.11. The Morgan fingerprint density at radius 1 is 1.31 bits per heavy atom. The molecule has 1 fully saturated rings. The molecule has 3 unspecified atom stereocenters. The van der Waals surface area contributed by atoms with Gasteiger partial charge in [0.1, 0.15) is 0 Å². The highest BCUT2D eigenvalue weighted by Gasteiger charge is 2.25. The largest absolute Gasteiger partial charge is 0.377 e. The molecule has 1 saturated carbocycles. The molecule has 0 aromatic carbocycles. The van der Waals surface area contributed by atoms with E-state index >= 15 is 0 Å². The minimum atomic E-state index is 0.148. The van der Waals surface area contributed by atoms with E-state index in [1.165, 1.54) is 32.1 Å². The van der Waals surface area contributed by atoms with E-state index in [0.717, 1.165) is 5.92 Å². The quantitative estimate of drug-likeness (QED) is 0.799. The Balaban J connectivity index is 2.27. The van der Waals surface area contributed by atoms with Crippen LogP contribution in [0.2, 0.25) is 0 Å². The van der Waals surface area contributed by atoms with Crippen molar-refractivity contribution < 1.29 is 4.74 Å². The molecule has 0 amide bonds. The molecule has 96 valence electrons. The lowest BCUT2D eigenvalue weighted by Crippen LogP contribution is -2.40. The first-order chi connectivity index (χ1) is 7.43. The SMILES string of the molecule is CCC1CCCC(OCC(N)C(C)(C)C)C1. The zero-order chi connectivity index (χ0) is 12.2. The molecule has 0 spiro atoms. The molecule has 2 nitrogen and oxygen atoms in total. The molecule has 0 aromatic heterocycles. The standard InChI is InChI=1S/C14H29NO/c1-5-11-7-6-8-12(9-11)16-10-13(15)14(2,3)4/h11-13H,5-10,15H2,1-4H3. The van der Waals surface area contributed by atoms with E-state index in [-0.39, 0.29) is 11.5 Å². The number of ether oxygens (including phenoxy) is 1. The summed E-state index contributed by atoms with van der Waals surface area (Å²) >= 11 is 0. The maximum Gasteiger partial charge on any atom is 0.0626 e. The van der Waals surface area contributed by atoms with Gasteiger partial charge in [0.15, 0.2) is 0 Å². The summed E-state index contributed by atoms with van der Waals surface area (Å²) in [5.41, 5.74) is 6.26. The van der Waals surface area contributed by atoms with Crippen molar-refractivity contribution in [3.63, 3.8) is 0 Å². The van der Waals surface area contributed by atoms with E-state index in [1.807, 2.05) is 0 Å². The van der Waals surface area contributed by atoms with Crippen molar-refractivity contribution in [1.29, 1.82) is 0 Å². The van der Waals surface area contributed by atoms with Crippen LogP contribution in [0.15, 0.2) is 0 Å². The topological polar surface area (TPSA) is 35.2 Å². The number of rotatable bonds is 4. The van der Waals surface area contributed by atoms with Crippen molar-refractivity contribution in [3.05, 3.63) is 0 Å². The molecule has 2 N–H and O–H groups in total. The number of hydrogen-bond donors (Lipinski definition) is 1. The fraction of sp³-hybridized carbons (Fsp3) is 1.00. The van der Waals surface area contributed by atoms with E-state index in [9.17, 15) is 0 Å². The number of nitrogens with two attached hydrogens (primary N) is 1. The van der Waals surface area contributed by atoms with Crippen LogP contribution in [0.5, 0.6) is 0 Å². The van der Waals surface area contributed by atoms with Gasteiger partial charge in [0.05, 0.1) is 12.7 Å². The summed E-state index contributed by atoms with van der Waals surface area (Å²) in [5, 5.41) is 0. The van der Waals surface area contributed by atoms with Gasteiger partial charge in [-0.15, -0.1) is 0 Å². The lowest BCUT2D eigenvalue weighted by molar-refractivity contribution is -0.00672. The van der Waals surface area contributed by atoms with Crippen LogP contribution in [0.1, 0.15) is 59.8 Å². The zero-order valence-corrected chi connectivity index (χ0v) is 11.5. The van der Waals surface area contributed by atoms with Gasteiger partial charge in [-0.3, -0.25) is 0 Å². The molecule has 1 rings (SSSR count). The fourth-order valence-electron chi connectivity index (χ4n) is 2.25. The molecule has 0 bridgehead atoms. The normalized spacial score (nSPS) is 29.1. The van der Waals surface area contributed by atoms with Gasteiger partial charge in [-0.2, -0.15) is 0 Å². The molecule has 3 atom stereocenters. The van der Waals surface area contributed by atoms with Gasteiger partial charge in [0, 0.05) is 6.04 Å². The molecule has 1 aliphatic rings. The molecule has 1 aliphatic carbocycles. The first-order valence-electron chi connectivity index (χ1n) is 6.80. The molecule has 16 heavy (non-hydrogen) atoms. The molecule has 0 radical (unpaired) electrons. The smallest absolute Gasteiger partial charge is 0.0626 e. The van der Waals surface area contributed by atoms with E-state index in [1.54, 1.807) is 0 Å². The Hall–Kier alpha value is -0.0800. The highest BCUT2D eigenvalue weighted by Crippen LogP contribution is 2.29. The van der Waals surface area contributed by atoms with Crippen molar-refractivity contribution >= 4 is 0 Å². The third-order valence-electron chi connectivity index (χ3n) is 3.94. The monoisotopic (exact) mass is 227 g/mol.